The average molecular weight is 406 g/mol. The zero-order chi connectivity index (χ0) is 21.8. The fourth-order valence-electron chi connectivity index (χ4n) is 3.62. The van der Waals surface area contributed by atoms with Crippen LogP contribution in [-0.4, -0.2) is 10.5 Å². The predicted octanol–water partition coefficient (Wildman–Crippen LogP) is 5.85. The highest BCUT2D eigenvalue weighted by Crippen LogP contribution is 2.25. The normalized spacial score (nSPS) is 11.3. The number of amides is 1. The van der Waals surface area contributed by atoms with Gasteiger partial charge in [0.2, 0.25) is 0 Å². The Bertz CT molecular complexity index is 1320. The molecule has 0 bridgehead atoms. The van der Waals surface area contributed by atoms with Gasteiger partial charge in [0.1, 0.15) is 11.6 Å². The average Bonchev–Trinajstić information content (AvgIpc) is 3.12. The topological polar surface area (TPSA) is 57.8 Å². The molecule has 4 aromatic rings. The lowest BCUT2D eigenvalue weighted by Crippen LogP contribution is -2.13. The third kappa shape index (κ3) is 4.41. The lowest BCUT2D eigenvalue weighted by molar-refractivity contribution is -0.112. The van der Waals surface area contributed by atoms with Crippen LogP contribution in [0.15, 0.2) is 84.6 Å². The third-order valence-electron chi connectivity index (χ3n) is 5.44. The maximum absolute atomic E-state index is 12.8. The standard InChI is InChI=1S/C27H23N3O/c1-19-12-13-24(14-20(19)2)29-27(31)22(16-28)15-23-18-30(17-21-8-4-3-5-9-21)26-11-7-6-10-25(23)26/h3-15,18H,17H2,1-2H3,(H,29,31)/b22-15+. The van der Waals surface area contributed by atoms with Crippen molar-refractivity contribution in [3.8, 4) is 6.07 Å². The van der Waals surface area contributed by atoms with Crippen LogP contribution < -0.4 is 5.32 Å². The minimum atomic E-state index is -0.411. The molecule has 0 aliphatic heterocycles. The van der Waals surface area contributed by atoms with Gasteiger partial charge in [0, 0.05) is 34.9 Å². The van der Waals surface area contributed by atoms with Gasteiger partial charge in [-0.2, -0.15) is 5.26 Å². The van der Waals surface area contributed by atoms with E-state index in [9.17, 15) is 10.1 Å². The number of nitriles is 1. The lowest BCUT2D eigenvalue weighted by Gasteiger charge is -2.07. The molecule has 31 heavy (non-hydrogen) atoms. The van der Waals surface area contributed by atoms with Crippen molar-refractivity contribution in [3.63, 3.8) is 0 Å². The molecule has 0 atom stereocenters. The molecule has 0 saturated heterocycles. The Balaban J connectivity index is 1.67. The van der Waals surface area contributed by atoms with Crippen molar-refractivity contribution in [2.75, 3.05) is 5.32 Å². The van der Waals surface area contributed by atoms with Gasteiger partial charge < -0.3 is 9.88 Å². The first-order valence-electron chi connectivity index (χ1n) is 10.2. The van der Waals surface area contributed by atoms with E-state index in [1.54, 1.807) is 6.08 Å². The molecule has 1 aromatic heterocycles. The number of hydrogen-bond donors (Lipinski definition) is 1. The van der Waals surface area contributed by atoms with E-state index in [2.05, 4.69) is 34.2 Å². The van der Waals surface area contributed by atoms with Gasteiger partial charge in [-0.3, -0.25) is 4.79 Å². The molecule has 0 saturated carbocycles. The highest BCUT2D eigenvalue weighted by Gasteiger charge is 2.13. The molecule has 0 spiro atoms. The molecule has 0 unspecified atom stereocenters. The summed E-state index contributed by atoms with van der Waals surface area (Å²) in [7, 11) is 0. The quantitative estimate of drug-likeness (QED) is 0.334. The van der Waals surface area contributed by atoms with Gasteiger partial charge in [-0.1, -0.05) is 54.6 Å². The monoisotopic (exact) mass is 405 g/mol. The molecule has 4 heteroatoms. The van der Waals surface area contributed by atoms with Crippen LogP contribution in [0.25, 0.3) is 17.0 Å². The Morgan fingerprint density at radius 1 is 1.00 bits per heavy atom. The van der Waals surface area contributed by atoms with E-state index in [1.807, 2.05) is 74.6 Å². The largest absolute Gasteiger partial charge is 0.342 e. The molecule has 0 fully saturated rings. The predicted molar refractivity (Wildman–Crippen MR) is 126 cm³/mol. The fourth-order valence-corrected chi connectivity index (χ4v) is 3.62. The third-order valence-corrected chi connectivity index (χ3v) is 5.44. The molecular formula is C27H23N3O. The van der Waals surface area contributed by atoms with E-state index in [0.29, 0.717) is 12.2 Å². The van der Waals surface area contributed by atoms with Crippen molar-refractivity contribution in [1.29, 1.82) is 5.26 Å². The van der Waals surface area contributed by atoms with Gasteiger partial charge in [0.05, 0.1) is 0 Å². The number of hydrogen-bond acceptors (Lipinski definition) is 2. The molecule has 3 aromatic carbocycles. The fraction of sp³-hybridized carbons (Fsp3) is 0.111. The molecule has 4 nitrogen and oxygen atoms in total. The summed E-state index contributed by atoms with van der Waals surface area (Å²) in [5.41, 5.74) is 6.08. The van der Waals surface area contributed by atoms with Crippen LogP contribution in [0.1, 0.15) is 22.3 Å². The van der Waals surface area contributed by atoms with Crippen molar-refractivity contribution >= 4 is 28.6 Å². The summed E-state index contributed by atoms with van der Waals surface area (Å²) in [6, 6.07) is 26.0. The number of carbonyl (C=O) groups excluding carboxylic acids is 1. The lowest BCUT2D eigenvalue weighted by atomic mass is 10.1. The van der Waals surface area contributed by atoms with Gasteiger partial charge in [-0.25, -0.2) is 0 Å². The van der Waals surface area contributed by atoms with Crippen LogP contribution in [0, 0.1) is 25.2 Å². The first kappa shape index (κ1) is 20.2. The van der Waals surface area contributed by atoms with Crippen molar-refractivity contribution in [2.24, 2.45) is 0 Å². The molecule has 4 rings (SSSR count). The Kier molecular flexibility index (Phi) is 5.68. The summed E-state index contributed by atoms with van der Waals surface area (Å²) in [5.74, 6) is -0.411. The van der Waals surface area contributed by atoms with E-state index in [4.69, 9.17) is 0 Å². The number of fused-ring (bicyclic) bond motifs is 1. The highest BCUT2D eigenvalue weighted by atomic mass is 16.1. The van der Waals surface area contributed by atoms with Gasteiger partial charge in [-0.05, 0) is 54.8 Å². The summed E-state index contributed by atoms with van der Waals surface area (Å²) < 4.78 is 2.15. The number of anilines is 1. The summed E-state index contributed by atoms with van der Waals surface area (Å²) >= 11 is 0. The first-order chi connectivity index (χ1) is 15.0. The molecule has 0 aliphatic carbocycles. The van der Waals surface area contributed by atoms with Gasteiger partial charge in [-0.15, -0.1) is 0 Å². The maximum Gasteiger partial charge on any atom is 0.266 e. The Hall–Kier alpha value is -4.10. The second-order valence-electron chi connectivity index (χ2n) is 7.64. The second kappa shape index (κ2) is 8.73. The Morgan fingerprint density at radius 3 is 2.48 bits per heavy atom. The van der Waals surface area contributed by atoms with E-state index >= 15 is 0 Å². The van der Waals surface area contributed by atoms with Crippen LogP contribution in [-0.2, 0) is 11.3 Å². The first-order valence-corrected chi connectivity index (χ1v) is 10.2. The van der Waals surface area contributed by atoms with Crippen molar-refractivity contribution in [3.05, 3.63) is 107 Å². The summed E-state index contributed by atoms with van der Waals surface area (Å²) in [5, 5.41) is 13.5. The van der Waals surface area contributed by atoms with Crippen LogP contribution in [0.3, 0.4) is 0 Å². The van der Waals surface area contributed by atoms with Crippen LogP contribution >= 0.6 is 0 Å². The van der Waals surface area contributed by atoms with Gasteiger partial charge >= 0.3 is 0 Å². The van der Waals surface area contributed by atoms with Gasteiger partial charge in [0.15, 0.2) is 0 Å². The summed E-state index contributed by atoms with van der Waals surface area (Å²) in [4.78, 5) is 12.8. The molecule has 1 N–H and O–H groups in total. The summed E-state index contributed by atoms with van der Waals surface area (Å²) in [6.45, 7) is 4.73. The van der Waals surface area contributed by atoms with Crippen molar-refractivity contribution in [1.82, 2.24) is 4.57 Å². The number of rotatable bonds is 5. The van der Waals surface area contributed by atoms with Crippen LogP contribution in [0.5, 0.6) is 0 Å². The van der Waals surface area contributed by atoms with E-state index < -0.39 is 5.91 Å². The molecule has 0 aliphatic rings. The Labute approximate surface area is 182 Å². The van der Waals surface area contributed by atoms with Crippen LogP contribution in [0.4, 0.5) is 5.69 Å². The second-order valence-corrected chi connectivity index (χ2v) is 7.64. The number of nitrogens with one attached hydrogen (secondary N) is 1. The SMILES string of the molecule is Cc1ccc(NC(=O)/C(C#N)=C/c2cn(Cc3ccccc3)c3ccccc23)cc1C. The van der Waals surface area contributed by atoms with E-state index in [1.165, 1.54) is 5.56 Å². The molecule has 1 amide bonds. The number of nitrogens with zero attached hydrogens (tertiary/aromatic N) is 2. The van der Waals surface area contributed by atoms with Crippen LogP contribution in [0.2, 0.25) is 0 Å². The minimum absolute atomic E-state index is 0.0702. The van der Waals surface area contributed by atoms with Crippen molar-refractivity contribution < 1.29 is 4.79 Å². The number of para-hydroxylation sites is 1. The number of benzene rings is 3. The Morgan fingerprint density at radius 2 is 1.74 bits per heavy atom. The number of aryl methyl sites for hydroxylation is 2. The van der Waals surface area contributed by atoms with E-state index in [-0.39, 0.29) is 5.57 Å². The molecular weight excluding hydrogens is 382 g/mol. The number of carbonyl (C=O) groups is 1. The summed E-state index contributed by atoms with van der Waals surface area (Å²) in [6.07, 6.45) is 3.67. The zero-order valence-corrected chi connectivity index (χ0v) is 17.6. The zero-order valence-electron chi connectivity index (χ0n) is 17.6. The minimum Gasteiger partial charge on any atom is -0.342 e. The molecule has 1 heterocycles. The van der Waals surface area contributed by atoms with Gasteiger partial charge in [0.25, 0.3) is 5.91 Å². The smallest absolute Gasteiger partial charge is 0.266 e. The molecule has 152 valence electrons. The van der Waals surface area contributed by atoms with Crippen molar-refractivity contribution in [2.45, 2.75) is 20.4 Å². The highest BCUT2D eigenvalue weighted by molar-refractivity contribution is 6.10. The maximum atomic E-state index is 12.8. The molecule has 0 radical (unpaired) electrons. The number of aromatic nitrogens is 1. The van der Waals surface area contributed by atoms with E-state index in [0.717, 1.165) is 27.6 Å².